The van der Waals surface area contributed by atoms with E-state index >= 15 is 0 Å². The number of nitrogens with one attached hydrogen (secondary N) is 1. The molecule has 0 aromatic heterocycles. The summed E-state index contributed by atoms with van der Waals surface area (Å²) in [5.74, 6) is 0.395. The number of hydrogen-bond donors (Lipinski definition) is 1. The van der Waals surface area contributed by atoms with Crippen LogP contribution in [0.3, 0.4) is 0 Å². The average Bonchev–Trinajstić information content (AvgIpc) is 2.82. The first-order chi connectivity index (χ1) is 15.0. The number of esters is 1. The van der Waals surface area contributed by atoms with Crippen molar-refractivity contribution in [3.8, 4) is 23.0 Å². The van der Waals surface area contributed by atoms with E-state index in [9.17, 15) is 9.59 Å². The Bertz CT molecular complexity index is 1040. The van der Waals surface area contributed by atoms with Crippen molar-refractivity contribution in [3.05, 3.63) is 83.4 Å². The molecular weight excluding hydrogens is 398 g/mol. The Labute approximate surface area is 180 Å². The van der Waals surface area contributed by atoms with Crippen LogP contribution in [0.15, 0.2) is 66.7 Å². The Hall–Kier alpha value is -4.00. The van der Waals surface area contributed by atoms with Crippen molar-refractivity contribution in [1.82, 2.24) is 5.32 Å². The third kappa shape index (κ3) is 5.33. The van der Waals surface area contributed by atoms with Crippen LogP contribution in [0.25, 0.3) is 0 Å². The lowest BCUT2D eigenvalue weighted by molar-refractivity contribution is 0.0732. The van der Waals surface area contributed by atoms with Gasteiger partial charge in [0.15, 0.2) is 11.5 Å². The number of methoxy groups -OCH3 is 3. The molecule has 0 heterocycles. The number of carbonyl (C=O) groups is 2. The van der Waals surface area contributed by atoms with Crippen molar-refractivity contribution in [1.29, 1.82) is 0 Å². The molecule has 1 N–H and O–H groups in total. The molecule has 0 saturated carbocycles. The summed E-state index contributed by atoms with van der Waals surface area (Å²) in [7, 11) is 4.40. The monoisotopic (exact) mass is 421 g/mol. The van der Waals surface area contributed by atoms with E-state index in [4.69, 9.17) is 18.9 Å². The van der Waals surface area contributed by atoms with Crippen LogP contribution in [0, 0.1) is 0 Å². The molecule has 0 radical (unpaired) electrons. The predicted molar refractivity (Wildman–Crippen MR) is 115 cm³/mol. The average molecular weight is 421 g/mol. The van der Waals surface area contributed by atoms with E-state index in [1.807, 2.05) is 30.3 Å². The van der Waals surface area contributed by atoms with Gasteiger partial charge >= 0.3 is 5.97 Å². The van der Waals surface area contributed by atoms with E-state index in [0.717, 1.165) is 5.56 Å². The molecule has 0 spiro atoms. The van der Waals surface area contributed by atoms with Crippen molar-refractivity contribution in [2.24, 2.45) is 0 Å². The molecule has 31 heavy (non-hydrogen) atoms. The van der Waals surface area contributed by atoms with Gasteiger partial charge in [-0.25, -0.2) is 4.79 Å². The molecule has 160 valence electrons. The third-order valence-corrected chi connectivity index (χ3v) is 4.50. The molecule has 0 bridgehead atoms. The third-order valence-electron chi connectivity index (χ3n) is 4.50. The number of rotatable bonds is 8. The van der Waals surface area contributed by atoms with E-state index in [1.165, 1.54) is 39.5 Å². The molecule has 3 aromatic rings. The second kappa shape index (κ2) is 10.2. The van der Waals surface area contributed by atoms with Crippen LogP contribution in [0.2, 0.25) is 0 Å². The van der Waals surface area contributed by atoms with Gasteiger partial charge < -0.3 is 24.3 Å². The van der Waals surface area contributed by atoms with Crippen LogP contribution in [0.4, 0.5) is 0 Å². The number of hydrogen-bond acceptors (Lipinski definition) is 6. The summed E-state index contributed by atoms with van der Waals surface area (Å²) < 4.78 is 21.3. The van der Waals surface area contributed by atoms with Crippen LogP contribution in [-0.2, 0) is 6.54 Å². The topological polar surface area (TPSA) is 83.1 Å². The van der Waals surface area contributed by atoms with Gasteiger partial charge in [-0.3, -0.25) is 4.79 Å². The molecule has 0 aliphatic rings. The van der Waals surface area contributed by atoms with Gasteiger partial charge in [0, 0.05) is 12.1 Å². The lowest BCUT2D eigenvalue weighted by Crippen LogP contribution is -2.22. The van der Waals surface area contributed by atoms with Crippen molar-refractivity contribution in [2.45, 2.75) is 6.54 Å². The quantitative estimate of drug-likeness (QED) is 0.439. The Kier molecular flexibility index (Phi) is 7.11. The Morgan fingerprint density at radius 1 is 0.774 bits per heavy atom. The van der Waals surface area contributed by atoms with Gasteiger partial charge in [0.2, 0.25) is 5.75 Å². The zero-order chi connectivity index (χ0) is 22.2. The number of amides is 1. The van der Waals surface area contributed by atoms with Gasteiger partial charge in [-0.05, 0) is 35.9 Å². The van der Waals surface area contributed by atoms with Crippen molar-refractivity contribution >= 4 is 11.9 Å². The van der Waals surface area contributed by atoms with Gasteiger partial charge in [0.1, 0.15) is 5.75 Å². The fraction of sp³-hybridized carbons (Fsp3) is 0.167. The highest BCUT2D eigenvalue weighted by atomic mass is 16.5. The zero-order valence-electron chi connectivity index (χ0n) is 17.5. The summed E-state index contributed by atoms with van der Waals surface area (Å²) >= 11 is 0. The first-order valence-corrected chi connectivity index (χ1v) is 9.50. The van der Waals surface area contributed by atoms with E-state index in [0.29, 0.717) is 29.4 Å². The second-order valence-corrected chi connectivity index (χ2v) is 6.50. The lowest BCUT2D eigenvalue weighted by atomic mass is 10.1. The molecule has 0 saturated heterocycles. The molecule has 0 atom stereocenters. The maximum atomic E-state index is 12.7. The van der Waals surface area contributed by atoms with Crippen LogP contribution in [-0.4, -0.2) is 33.2 Å². The maximum Gasteiger partial charge on any atom is 0.343 e. The zero-order valence-corrected chi connectivity index (χ0v) is 17.5. The van der Waals surface area contributed by atoms with Crippen LogP contribution < -0.4 is 24.3 Å². The Balaban J connectivity index is 1.73. The summed E-state index contributed by atoms with van der Waals surface area (Å²) in [6, 6.07) is 19.0. The molecule has 0 unspecified atom stereocenters. The van der Waals surface area contributed by atoms with Gasteiger partial charge in [-0.1, -0.05) is 36.4 Å². The van der Waals surface area contributed by atoms with E-state index in [2.05, 4.69) is 5.32 Å². The summed E-state index contributed by atoms with van der Waals surface area (Å²) in [5.41, 5.74) is 1.58. The Morgan fingerprint density at radius 3 is 2.06 bits per heavy atom. The molecule has 1 amide bonds. The molecule has 7 nitrogen and oxygen atoms in total. The van der Waals surface area contributed by atoms with Crippen molar-refractivity contribution < 1.29 is 28.5 Å². The molecule has 0 aliphatic heterocycles. The normalized spacial score (nSPS) is 10.2. The molecule has 0 fully saturated rings. The van der Waals surface area contributed by atoms with Gasteiger partial charge in [0.05, 0.1) is 26.9 Å². The van der Waals surface area contributed by atoms with Crippen molar-refractivity contribution in [3.63, 3.8) is 0 Å². The fourth-order valence-corrected chi connectivity index (χ4v) is 2.95. The molecule has 3 aromatic carbocycles. The molecule has 3 rings (SSSR count). The second-order valence-electron chi connectivity index (χ2n) is 6.50. The first-order valence-electron chi connectivity index (χ1n) is 9.50. The minimum absolute atomic E-state index is 0.216. The highest BCUT2D eigenvalue weighted by Crippen LogP contribution is 2.38. The minimum atomic E-state index is -0.624. The van der Waals surface area contributed by atoms with Crippen LogP contribution in [0.1, 0.15) is 26.3 Å². The number of benzene rings is 3. The highest BCUT2D eigenvalue weighted by molar-refractivity contribution is 5.95. The van der Waals surface area contributed by atoms with Crippen LogP contribution >= 0.6 is 0 Å². The summed E-state index contributed by atoms with van der Waals surface area (Å²) in [6.45, 7) is 0.398. The predicted octanol–water partition coefficient (Wildman–Crippen LogP) is 3.86. The van der Waals surface area contributed by atoms with Gasteiger partial charge in [-0.2, -0.15) is 0 Å². The number of carbonyl (C=O) groups excluding carboxylic acids is 2. The summed E-state index contributed by atoms with van der Waals surface area (Å²) in [5, 5.41) is 2.84. The molecule has 7 heteroatoms. The lowest BCUT2D eigenvalue weighted by Gasteiger charge is -2.14. The smallest absolute Gasteiger partial charge is 0.343 e. The fourth-order valence-electron chi connectivity index (χ4n) is 2.95. The minimum Gasteiger partial charge on any atom is -0.493 e. The SMILES string of the molecule is COc1cc(C(=O)Oc2cccc(C(=O)NCc3ccccc3)c2)cc(OC)c1OC. The Morgan fingerprint density at radius 2 is 1.45 bits per heavy atom. The summed E-state index contributed by atoms with van der Waals surface area (Å²) in [6.07, 6.45) is 0. The van der Waals surface area contributed by atoms with E-state index in [-0.39, 0.29) is 17.2 Å². The van der Waals surface area contributed by atoms with Crippen molar-refractivity contribution in [2.75, 3.05) is 21.3 Å². The number of ether oxygens (including phenoxy) is 4. The van der Waals surface area contributed by atoms with Crippen LogP contribution in [0.5, 0.6) is 23.0 Å². The van der Waals surface area contributed by atoms with E-state index in [1.54, 1.807) is 18.2 Å². The maximum absolute atomic E-state index is 12.7. The first kappa shape index (κ1) is 21.7. The van der Waals surface area contributed by atoms with Gasteiger partial charge in [0.25, 0.3) is 5.91 Å². The molecule has 0 aliphatic carbocycles. The standard InChI is InChI=1S/C24H23NO6/c1-28-20-13-18(14-21(29-2)22(20)30-3)24(27)31-19-11-7-10-17(12-19)23(26)25-15-16-8-5-4-6-9-16/h4-14H,15H2,1-3H3,(H,25,26). The summed E-state index contributed by atoms with van der Waals surface area (Å²) in [4.78, 5) is 25.1. The van der Waals surface area contributed by atoms with Gasteiger partial charge in [-0.15, -0.1) is 0 Å². The van der Waals surface area contributed by atoms with E-state index < -0.39 is 5.97 Å². The molecular formula is C24H23NO6. The largest absolute Gasteiger partial charge is 0.493 e. The highest BCUT2D eigenvalue weighted by Gasteiger charge is 2.19.